The molecule has 2 rings (SSSR count). The Morgan fingerprint density at radius 1 is 1.05 bits per heavy atom. The first-order valence-corrected chi connectivity index (χ1v) is 18.2. The second-order valence-corrected chi connectivity index (χ2v) is 23.3. The van der Waals surface area contributed by atoms with Crippen LogP contribution in [0.2, 0.25) is 57.9 Å². The molecule has 1 aliphatic heterocycles. The van der Waals surface area contributed by atoms with Gasteiger partial charge in [-0.3, -0.25) is 4.79 Å². The summed E-state index contributed by atoms with van der Waals surface area (Å²) >= 11 is 0. The van der Waals surface area contributed by atoms with E-state index in [2.05, 4.69) is 50.1 Å². The van der Waals surface area contributed by atoms with Crippen LogP contribution in [0.25, 0.3) is 0 Å². The molecule has 122 valence electrons. The zero-order chi connectivity index (χ0) is 16.1. The lowest BCUT2D eigenvalue weighted by Gasteiger charge is -2.43. The van der Waals surface area contributed by atoms with E-state index in [4.69, 9.17) is 4.43 Å². The van der Waals surface area contributed by atoms with Crippen molar-refractivity contribution >= 4 is 30.8 Å². The maximum atomic E-state index is 12.4. The summed E-state index contributed by atoms with van der Waals surface area (Å²) in [4.78, 5) is 12.4. The van der Waals surface area contributed by atoms with Crippen molar-refractivity contribution in [3.63, 3.8) is 0 Å². The number of nitrogens with zero attached hydrogens (tertiary/aromatic N) is 1. The average Bonchev–Trinajstić information content (AvgIpc) is 2.80. The fourth-order valence-corrected chi connectivity index (χ4v) is 20.3. The van der Waals surface area contributed by atoms with Crippen LogP contribution in [0.1, 0.15) is 19.3 Å². The Morgan fingerprint density at radius 3 is 2.05 bits per heavy atom. The van der Waals surface area contributed by atoms with E-state index in [0.717, 1.165) is 12.8 Å². The first-order valence-electron chi connectivity index (χ1n) is 8.45. The van der Waals surface area contributed by atoms with E-state index >= 15 is 0 Å². The lowest BCUT2D eigenvalue weighted by molar-refractivity contribution is -0.139. The molecule has 1 heterocycles. The largest absolute Gasteiger partial charge is 0.520 e. The minimum Gasteiger partial charge on any atom is -0.520 e. The fourth-order valence-electron chi connectivity index (χ4n) is 4.45. The summed E-state index contributed by atoms with van der Waals surface area (Å²) in [5.74, 6) is 0.256. The first-order chi connectivity index (χ1) is 9.42. The molecule has 0 amide bonds. The van der Waals surface area contributed by atoms with E-state index in [9.17, 15) is 4.79 Å². The van der Waals surface area contributed by atoms with Gasteiger partial charge in [-0.2, -0.15) is 0 Å². The number of rotatable bonds is 3. The summed E-state index contributed by atoms with van der Waals surface area (Å²) in [5, 5.41) is 0. The van der Waals surface area contributed by atoms with Crippen molar-refractivity contribution in [2.75, 3.05) is 0 Å². The van der Waals surface area contributed by atoms with E-state index in [1.165, 1.54) is 18.5 Å². The molecule has 2 fully saturated rings. The molecule has 2 atom stereocenters. The van der Waals surface area contributed by atoms with Gasteiger partial charge < -0.3 is 8.66 Å². The molecule has 0 radical (unpaired) electrons. The molecule has 21 heavy (non-hydrogen) atoms. The van der Waals surface area contributed by atoms with Crippen LogP contribution in [0, 0.1) is 5.92 Å². The molecular formula is C15H33NO2Si3. The van der Waals surface area contributed by atoms with E-state index < -0.39 is 24.8 Å². The summed E-state index contributed by atoms with van der Waals surface area (Å²) in [6.45, 7) is 16.4. The second kappa shape index (κ2) is 5.62. The molecule has 0 bridgehead atoms. The maximum absolute atomic E-state index is 12.4. The van der Waals surface area contributed by atoms with Crippen LogP contribution in [0.15, 0.2) is 0 Å². The molecule has 2 aliphatic rings. The molecule has 6 heteroatoms. The Kier molecular flexibility index (Phi) is 4.66. The smallest absolute Gasteiger partial charge is 0.295 e. The second-order valence-electron chi connectivity index (χ2n) is 9.19. The van der Waals surface area contributed by atoms with Crippen LogP contribution in [0.3, 0.4) is 0 Å². The quantitative estimate of drug-likeness (QED) is 0.717. The van der Waals surface area contributed by atoms with Crippen LogP contribution in [-0.4, -0.2) is 41.0 Å². The van der Waals surface area contributed by atoms with Crippen LogP contribution < -0.4 is 0 Å². The highest BCUT2D eigenvalue weighted by Gasteiger charge is 2.52. The van der Waals surface area contributed by atoms with E-state index in [-0.39, 0.29) is 11.9 Å². The van der Waals surface area contributed by atoms with Crippen molar-refractivity contribution in [1.82, 2.24) is 4.23 Å². The van der Waals surface area contributed by atoms with Gasteiger partial charge in [0.2, 0.25) is 8.32 Å². The van der Waals surface area contributed by atoms with Gasteiger partial charge in [0.05, 0.1) is 5.92 Å². The molecule has 0 aromatic rings. The third-order valence-corrected chi connectivity index (χ3v) is 16.4. The van der Waals surface area contributed by atoms with Gasteiger partial charge in [-0.25, -0.2) is 0 Å². The zero-order valence-corrected chi connectivity index (χ0v) is 18.0. The highest BCUT2D eigenvalue weighted by Crippen LogP contribution is 2.43. The molecule has 0 N–H and O–H groups in total. The third kappa shape index (κ3) is 3.89. The molecular weight excluding hydrogens is 310 g/mol. The zero-order valence-electron chi connectivity index (χ0n) is 15.0. The van der Waals surface area contributed by atoms with Gasteiger partial charge in [0.15, 0.2) is 0 Å². The van der Waals surface area contributed by atoms with Gasteiger partial charge in [-0.05, 0) is 57.0 Å². The van der Waals surface area contributed by atoms with Crippen LogP contribution in [0.4, 0.5) is 0 Å². The maximum Gasteiger partial charge on any atom is 0.295 e. The van der Waals surface area contributed by atoms with Crippen LogP contribution in [-0.2, 0) is 9.22 Å². The highest BCUT2D eigenvalue weighted by atomic mass is 28.4. The SMILES string of the molecule is C[Si](C)(C)OC(=O)C1CCC(N2[Si](C)(C)CC[Si]2(C)C)C1. The molecule has 1 saturated carbocycles. The number of carbonyl (C=O) groups is 1. The van der Waals surface area contributed by atoms with Gasteiger partial charge in [0, 0.05) is 0 Å². The van der Waals surface area contributed by atoms with Crippen molar-refractivity contribution in [2.45, 2.75) is 83.2 Å². The summed E-state index contributed by atoms with van der Waals surface area (Å²) in [6, 6.07) is 3.56. The van der Waals surface area contributed by atoms with Crippen molar-refractivity contribution in [3.8, 4) is 0 Å². The Balaban J connectivity index is 2.04. The molecule has 0 aromatic carbocycles. The Labute approximate surface area is 133 Å². The Bertz CT molecular complexity index is 402. The summed E-state index contributed by atoms with van der Waals surface area (Å²) in [5.41, 5.74) is 0. The fraction of sp³-hybridized carbons (Fsp3) is 0.933. The normalized spacial score (nSPS) is 32.3. The summed E-state index contributed by atoms with van der Waals surface area (Å²) < 4.78 is 8.71. The third-order valence-electron chi connectivity index (χ3n) is 5.16. The highest BCUT2D eigenvalue weighted by molar-refractivity contribution is 6.95. The molecule has 0 aromatic heterocycles. The van der Waals surface area contributed by atoms with Crippen molar-refractivity contribution in [3.05, 3.63) is 0 Å². The Hall–Kier alpha value is 0.0806. The lowest BCUT2D eigenvalue weighted by atomic mass is 10.1. The number of hydrogen-bond acceptors (Lipinski definition) is 3. The van der Waals surface area contributed by atoms with Gasteiger partial charge >= 0.3 is 0 Å². The number of hydrogen-bond donors (Lipinski definition) is 0. The van der Waals surface area contributed by atoms with Gasteiger partial charge in [0.25, 0.3) is 5.97 Å². The van der Waals surface area contributed by atoms with Crippen molar-refractivity contribution in [1.29, 1.82) is 0 Å². The summed E-state index contributed by atoms with van der Waals surface area (Å²) in [7, 11) is -4.20. The standard InChI is InChI=1S/C15H33NO2Si3/c1-19(2,3)18-15(17)13-8-9-14(12-13)16-20(4,5)10-11-21(16,6)7/h13-14H,8-12H2,1-7H3. The molecule has 1 saturated heterocycles. The minimum atomic E-state index is -1.74. The summed E-state index contributed by atoms with van der Waals surface area (Å²) in [6.07, 6.45) is 3.30. The molecule has 1 aliphatic carbocycles. The predicted molar refractivity (Wildman–Crippen MR) is 97.0 cm³/mol. The van der Waals surface area contributed by atoms with Crippen LogP contribution in [0.5, 0.6) is 0 Å². The lowest BCUT2D eigenvalue weighted by Crippen LogP contribution is -2.59. The Morgan fingerprint density at radius 2 is 1.57 bits per heavy atom. The average molecular weight is 344 g/mol. The van der Waals surface area contributed by atoms with Gasteiger partial charge in [0.1, 0.15) is 16.5 Å². The van der Waals surface area contributed by atoms with Gasteiger partial charge in [-0.1, -0.05) is 26.2 Å². The monoisotopic (exact) mass is 343 g/mol. The van der Waals surface area contributed by atoms with Crippen LogP contribution >= 0.6 is 0 Å². The topological polar surface area (TPSA) is 29.5 Å². The molecule has 2 unspecified atom stereocenters. The van der Waals surface area contributed by atoms with Crippen molar-refractivity contribution < 1.29 is 9.22 Å². The van der Waals surface area contributed by atoms with Gasteiger partial charge in [-0.15, -0.1) is 0 Å². The molecule has 3 nitrogen and oxygen atoms in total. The minimum absolute atomic E-state index is 0.0924. The van der Waals surface area contributed by atoms with E-state index in [0.29, 0.717) is 6.04 Å². The van der Waals surface area contributed by atoms with E-state index in [1.807, 2.05) is 0 Å². The molecule has 0 spiro atoms. The predicted octanol–water partition coefficient (Wildman–Crippen LogP) is 4.26. The van der Waals surface area contributed by atoms with Crippen molar-refractivity contribution in [2.24, 2.45) is 5.92 Å². The van der Waals surface area contributed by atoms with E-state index in [1.54, 1.807) is 0 Å². The first kappa shape index (κ1) is 17.4. The number of carbonyl (C=O) groups excluding carboxylic acids is 1.